The molecule has 0 bridgehead atoms. The van der Waals surface area contributed by atoms with E-state index >= 15 is 0 Å². The van der Waals surface area contributed by atoms with Crippen LogP contribution in [0.25, 0.3) is 0 Å². The number of nitrogens with one attached hydrogen (secondary N) is 1. The summed E-state index contributed by atoms with van der Waals surface area (Å²) in [5.41, 5.74) is 4.07. The van der Waals surface area contributed by atoms with Crippen LogP contribution < -0.4 is 10.1 Å². The molecule has 1 N–H and O–H groups in total. The normalized spacial score (nSPS) is 17.6. The van der Waals surface area contributed by atoms with Crippen molar-refractivity contribution in [3.8, 4) is 5.75 Å². The predicted molar refractivity (Wildman–Crippen MR) is 82.0 cm³/mol. The van der Waals surface area contributed by atoms with Crippen LogP contribution in [0.15, 0.2) is 48.5 Å². The number of rotatable bonds is 4. The molecule has 2 aromatic carbocycles. The standard InChI is InChI=1S/C18H21NO/c1-2-18-17-12-16(9-8-15(17)10-11-19-18)20-13-14-6-4-3-5-7-14/h3-9,12,18-19H,2,10-11,13H2,1H3. The van der Waals surface area contributed by atoms with Gasteiger partial charge in [-0.15, -0.1) is 0 Å². The lowest BCUT2D eigenvalue weighted by Gasteiger charge is -2.26. The van der Waals surface area contributed by atoms with Gasteiger partial charge in [0.25, 0.3) is 0 Å². The summed E-state index contributed by atoms with van der Waals surface area (Å²) < 4.78 is 5.92. The summed E-state index contributed by atoms with van der Waals surface area (Å²) >= 11 is 0. The molecule has 0 radical (unpaired) electrons. The van der Waals surface area contributed by atoms with E-state index in [1.165, 1.54) is 16.7 Å². The first kappa shape index (κ1) is 13.2. The Labute approximate surface area is 120 Å². The maximum Gasteiger partial charge on any atom is 0.120 e. The molecule has 0 saturated heterocycles. The Bertz CT molecular complexity index is 565. The van der Waals surface area contributed by atoms with Crippen molar-refractivity contribution >= 4 is 0 Å². The van der Waals surface area contributed by atoms with Gasteiger partial charge in [-0.25, -0.2) is 0 Å². The van der Waals surface area contributed by atoms with E-state index in [4.69, 9.17) is 4.74 Å². The van der Waals surface area contributed by atoms with Crippen molar-refractivity contribution in [1.29, 1.82) is 0 Å². The molecular formula is C18H21NO. The average molecular weight is 267 g/mol. The molecule has 0 saturated carbocycles. The van der Waals surface area contributed by atoms with Gasteiger partial charge in [-0.05, 0) is 48.2 Å². The third kappa shape index (κ3) is 2.86. The number of hydrogen-bond acceptors (Lipinski definition) is 2. The highest BCUT2D eigenvalue weighted by molar-refractivity contribution is 5.39. The first-order valence-electron chi connectivity index (χ1n) is 7.39. The Morgan fingerprint density at radius 1 is 1.15 bits per heavy atom. The molecule has 104 valence electrons. The summed E-state index contributed by atoms with van der Waals surface area (Å²) in [5, 5.41) is 3.57. The highest BCUT2D eigenvalue weighted by Gasteiger charge is 2.18. The zero-order valence-electron chi connectivity index (χ0n) is 11.9. The van der Waals surface area contributed by atoms with Crippen LogP contribution in [-0.2, 0) is 13.0 Å². The molecule has 0 aliphatic carbocycles. The van der Waals surface area contributed by atoms with E-state index in [9.17, 15) is 0 Å². The molecule has 0 aromatic heterocycles. The minimum atomic E-state index is 0.471. The van der Waals surface area contributed by atoms with E-state index in [0.29, 0.717) is 12.6 Å². The molecule has 2 nitrogen and oxygen atoms in total. The summed E-state index contributed by atoms with van der Waals surface area (Å²) in [7, 11) is 0. The largest absolute Gasteiger partial charge is 0.489 e. The summed E-state index contributed by atoms with van der Waals surface area (Å²) in [6.07, 6.45) is 2.24. The summed E-state index contributed by atoms with van der Waals surface area (Å²) in [6, 6.07) is 17.3. The van der Waals surface area contributed by atoms with E-state index in [0.717, 1.165) is 25.1 Å². The highest BCUT2D eigenvalue weighted by Crippen LogP contribution is 2.29. The number of ether oxygens (including phenoxy) is 1. The summed E-state index contributed by atoms with van der Waals surface area (Å²) in [6.45, 7) is 3.93. The van der Waals surface area contributed by atoms with Crippen LogP contribution in [0.2, 0.25) is 0 Å². The zero-order valence-corrected chi connectivity index (χ0v) is 11.9. The molecule has 0 amide bonds. The second kappa shape index (κ2) is 6.10. The van der Waals surface area contributed by atoms with E-state index in [1.807, 2.05) is 18.2 Å². The molecule has 2 heteroatoms. The molecule has 3 rings (SSSR count). The molecule has 1 unspecified atom stereocenters. The molecule has 1 heterocycles. The molecule has 1 atom stereocenters. The van der Waals surface area contributed by atoms with Gasteiger partial charge in [0.2, 0.25) is 0 Å². The van der Waals surface area contributed by atoms with Crippen LogP contribution in [0.3, 0.4) is 0 Å². The topological polar surface area (TPSA) is 21.3 Å². The van der Waals surface area contributed by atoms with Crippen molar-refractivity contribution in [2.24, 2.45) is 0 Å². The maximum atomic E-state index is 5.92. The van der Waals surface area contributed by atoms with Gasteiger partial charge in [0.15, 0.2) is 0 Å². The van der Waals surface area contributed by atoms with Crippen molar-refractivity contribution in [1.82, 2.24) is 5.32 Å². The van der Waals surface area contributed by atoms with Crippen molar-refractivity contribution in [2.75, 3.05) is 6.54 Å². The lowest BCUT2D eigenvalue weighted by Crippen LogP contribution is -2.29. The van der Waals surface area contributed by atoms with Crippen LogP contribution in [-0.4, -0.2) is 6.54 Å². The van der Waals surface area contributed by atoms with Gasteiger partial charge in [0.1, 0.15) is 12.4 Å². The highest BCUT2D eigenvalue weighted by atomic mass is 16.5. The second-order valence-corrected chi connectivity index (χ2v) is 5.30. The Kier molecular flexibility index (Phi) is 4.03. The minimum absolute atomic E-state index is 0.471. The van der Waals surface area contributed by atoms with Crippen molar-refractivity contribution in [3.05, 3.63) is 65.2 Å². The maximum absolute atomic E-state index is 5.92. The Hall–Kier alpha value is -1.80. The Balaban J connectivity index is 1.75. The van der Waals surface area contributed by atoms with Gasteiger partial charge in [0.05, 0.1) is 0 Å². The summed E-state index contributed by atoms with van der Waals surface area (Å²) in [4.78, 5) is 0. The fourth-order valence-electron chi connectivity index (χ4n) is 2.81. The number of fused-ring (bicyclic) bond motifs is 1. The second-order valence-electron chi connectivity index (χ2n) is 5.30. The molecule has 0 spiro atoms. The van der Waals surface area contributed by atoms with Crippen LogP contribution in [0.5, 0.6) is 5.75 Å². The van der Waals surface area contributed by atoms with E-state index in [1.54, 1.807) is 0 Å². The van der Waals surface area contributed by atoms with Crippen LogP contribution >= 0.6 is 0 Å². The monoisotopic (exact) mass is 267 g/mol. The zero-order chi connectivity index (χ0) is 13.8. The third-order valence-electron chi connectivity index (χ3n) is 3.93. The van der Waals surface area contributed by atoms with Gasteiger partial charge < -0.3 is 10.1 Å². The molecule has 1 aliphatic heterocycles. The fourth-order valence-corrected chi connectivity index (χ4v) is 2.81. The quantitative estimate of drug-likeness (QED) is 0.908. The van der Waals surface area contributed by atoms with E-state index < -0.39 is 0 Å². The van der Waals surface area contributed by atoms with Crippen LogP contribution in [0.4, 0.5) is 0 Å². The van der Waals surface area contributed by atoms with Gasteiger partial charge in [-0.2, -0.15) is 0 Å². The van der Waals surface area contributed by atoms with Crippen LogP contribution in [0.1, 0.15) is 36.1 Å². The van der Waals surface area contributed by atoms with Gasteiger partial charge in [-0.1, -0.05) is 43.3 Å². The predicted octanol–water partition coefficient (Wildman–Crippen LogP) is 3.86. The van der Waals surface area contributed by atoms with E-state index in [2.05, 4.69) is 42.6 Å². The lowest BCUT2D eigenvalue weighted by atomic mass is 9.93. The SMILES string of the molecule is CCC1NCCc2ccc(OCc3ccccc3)cc21. The Morgan fingerprint density at radius 2 is 2.00 bits per heavy atom. The Morgan fingerprint density at radius 3 is 2.80 bits per heavy atom. The van der Waals surface area contributed by atoms with Gasteiger partial charge in [0, 0.05) is 6.04 Å². The molecular weight excluding hydrogens is 246 g/mol. The smallest absolute Gasteiger partial charge is 0.120 e. The number of hydrogen-bond donors (Lipinski definition) is 1. The van der Waals surface area contributed by atoms with Crippen molar-refractivity contribution in [3.63, 3.8) is 0 Å². The first-order valence-corrected chi connectivity index (χ1v) is 7.39. The molecule has 1 aliphatic rings. The van der Waals surface area contributed by atoms with E-state index in [-0.39, 0.29) is 0 Å². The van der Waals surface area contributed by atoms with Crippen LogP contribution in [0, 0.1) is 0 Å². The molecule has 2 aromatic rings. The van der Waals surface area contributed by atoms with Gasteiger partial charge in [-0.3, -0.25) is 0 Å². The van der Waals surface area contributed by atoms with Gasteiger partial charge >= 0.3 is 0 Å². The van der Waals surface area contributed by atoms with Crippen molar-refractivity contribution in [2.45, 2.75) is 32.4 Å². The lowest BCUT2D eigenvalue weighted by molar-refractivity contribution is 0.305. The fraction of sp³-hybridized carbons (Fsp3) is 0.333. The molecule has 20 heavy (non-hydrogen) atoms. The first-order chi connectivity index (χ1) is 9.86. The van der Waals surface area contributed by atoms with Crippen molar-refractivity contribution < 1.29 is 4.74 Å². The average Bonchev–Trinajstić information content (AvgIpc) is 2.53. The minimum Gasteiger partial charge on any atom is -0.489 e. The number of benzene rings is 2. The third-order valence-corrected chi connectivity index (χ3v) is 3.93. The molecule has 0 fully saturated rings. The summed E-state index contributed by atoms with van der Waals surface area (Å²) in [5.74, 6) is 0.967.